The molecule has 2 amide bonds. The Morgan fingerprint density at radius 3 is 2.84 bits per heavy atom. The van der Waals surface area contributed by atoms with Gasteiger partial charge in [0.25, 0.3) is 0 Å². The fourth-order valence-electron chi connectivity index (χ4n) is 3.37. The molecule has 2 heterocycles. The molecule has 2 N–H and O–H groups in total. The molecule has 134 valence electrons. The minimum atomic E-state index is -0.658. The van der Waals surface area contributed by atoms with Crippen LogP contribution in [0.2, 0.25) is 5.02 Å². The van der Waals surface area contributed by atoms with Crippen molar-refractivity contribution in [1.29, 1.82) is 5.26 Å². The second-order valence-electron chi connectivity index (χ2n) is 7.03. The van der Waals surface area contributed by atoms with Gasteiger partial charge in [-0.3, -0.25) is 9.59 Å². The van der Waals surface area contributed by atoms with Crippen molar-refractivity contribution in [2.45, 2.75) is 50.6 Å². The van der Waals surface area contributed by atoms with Crippen molar-refractivity contribution >= 4 is 23.4 Å². The van der Waals surface area contributed by atoms with E-state index in [4.69, 9.17) is 11.6 Å². The number of piperidine rings is 1. The highest BCUT2D eigenvalue weighted by Gasteiger charge is 2.32. The summed E-state index contributed by atoms with van der Waals surface area (Å²) in [5.41, 5.74) is 0. The SMILES string of the molecule is N#CC(C[C@@H]1CCCNC1=O)NC(=O)C(CC1CC1)n1ccc(Cl)c1. The molecule has 3 atom stereocenters. The minimum Gasteiger partial charge on any atom is -0.356 e. The monoisotopic (exact) mass is 362 g/mol. The molecule has 0 bridgehead atoms. The van der Waals surface area contributed by atoms with Gasteiger partial charge < -0.3 is 15.2 Å². The van der Waals surface area contributed by atoms with Gasteiger partial charge in [-0.1, -0.05) is 24.4 Å². The van der Waals surface area contributed by atoms with E-state index >= 15 is 0 Å². The van der Waals surface area contributed by atoms with Crippen LogP contribution in [0.3, 0.4) is 0 Å². The minimum absolute atomic E-state index is 0.0209. The van der Waals surface area contributed by atoms with E-state index < -0.39 is 6.04 Å². The topological polar surface area (TPSA) is 86.9 Å². The van der Waals surface area contributed by atoms with E-state index in [1.54, 1.807) is 18.5 Å². The molecule has 7 heteroatoms. The van der Waals surface area contributed by atoms with Crippen LogP contribution in [-0.4, -0.2) is 29.0 Å². The van der Waals surface area contributed by atoms with Crippen molar-refractivity contribution in [2.24, 2.45) is 11.8 Å². The van der Waals surface area contributed by atoms with Gasteiger partial charge >= 0.3 is 0 Å². The molecule has 1 aromatic heterocycles. The fourth-order valence-corrected chi connectivity index (χ4v) is 3.54. The molecule has 3 rings (SSSR count). The average Bonchev–Trinajstić information content (AvgIpc) is 3.33. The van der Waals surface area contributed by atoms with E-state index in [0.717, 1.165) is 32.1 Å². The maximum absolute atomic E-state index is 12.8. The third-order valence-corrected chi connectivity index (χ3v) is 5.21. The highest BCUT2D eigenvalue weighted by atomic mass is 35.5. The van der Waals surface area contributed by atoms with Gasteiger partial charge in [0, 0.05) is 24.9 Å². The van der Waals surface area contributed by atoms with E-state index in [2.05, 4.69) is 16.7 Å². The smallest absolute Gasteiger partial charge is 0.244 e. The Kier molecular flexibility index (Phi) is 5.64. The number of carbonyl (C=O) groups excluding carboxylic acids is 2. The zero-order chi connectivity index (χ0) is 17.8. The van der Waals surface area contributed by atoms with E-state index in [9.17, 15) is 14.9 Å². The van der Waals surface area contributed by atoms with Crippen molar-refractivity contribution < 1.29 is 9.59 Å². The summed E-state index contributed by atoms with van der Waals surface area (Å²) >= 11 is 5.99. The average molecular weight is 363 g/mol. The van der Waals surface area contributed by atoms with Gasteiger partial charge in [-0.15, -0.1) is 0 Å². The molecule has 0 aromatic carbocycles. The first kappa shape index (κ1) is 17.8. The molecule has 0 spiro atoms. The highest BCUT2D eigenvalue weighted by Crippen LogP contribution is 2.37. The number of halogens is 1. The predicted octanol–water partition coefficient (Wildman–Crippen LogP) is 2.41. The van der Waals surface area contributed by atoms with Crippen LogP contribution in [0.5, 0.6) is 0 Å². The maximum atomic E-state index is 12.8. The Balaban J connectivity index is 1.64. The second kappa shape index (κ2) is 7.92. The molecule has 1 aliphatic heterocycles. The number of hydrogen-bond donors (Lipinski definition) is 2. The quantitative estimate of drug-likeness (QED) is 0.780. The summed E-state index contributed by atoms with van der Waals surface area (Å²) in [5.74, 6) is 0.151. The van der Waals surface area contributed by atoms with Crippen molar-refractivity contribution in [3.8, 4) is 6.07 Å². The van der Waals surface area contributed by atoms with Crippen LogP contribution in [-0.2, 0) is 9.59 Å². The van der Waals surface area contributed by atoms with E-state index in [1.165, 1.54) is 0 Å². The van der Waals surface area contributed by atoms with Gasteiger partial charge in [-0.05, 0) is 37.7 Å². The second-order valence-corrected chi connectivity index (χ2v) is 7.46. The van der Waals surface area contributed by atoms with Crippen molar-refractivity contribution in [1.82, 2.24) is 15.2 Å². The lowest BCUT2D eigenvalue weighted by Gasteiger charge is -2.25. The van der Waals surface area contributed by atoms with Gasteiger partial charge in [0.1, 0.15) is 12.1 Å². The number of carbonyl (C=O) groups is 2. The van der Waals surface area contributed by atoms with Gasteiger partial charge in [0.05, 0.1) is 11.1 Å². The fraction of sp³-hybridized carbons (Fsp3) is 0.611. The Morgan fingerprint density at radius 2 is 2.24 bits per heavy atom. The van der Waals surface area contributed by atoms with E-state index in [0.29, 0.717) is 23.9 Å². The molecule has 25 heavy (non-hydrogen) atoms. The van der Waals surface area contributed by atoms with E-state index in [-0.39, 0.29) is 23.8 Å². The maximum Gasteiger partial charge on any atom is 0.244 e. The van der Waals surface area contributed by atoms with Gasteiger partial charge in [-0.25, -0.2) is 0 Å². The van der Waals surface area contributed by atoms with Crippen LogP contribution >= 0.6 is 11.6 Å². The predicted molar refractivity (Wildman–Crippen MR) is 93.7 cm³/mol. The number of amides is 2. The first-order valence-corrected chi connectivity index (χ1v) is 9.25. The first-order valence-electron chi connectivity index (χ1n) is 8.87. The van der Waals surface area contributed by atoms with Crippen molar-refractivity contribution in [2.75, 3.05) is 6.54 Å². The number of rotatable bonds is 7. The molecule has 2 fully saturated rings. The molecule has 2 aliphatic rings. The molecule has 0 radical (unpaired) electrons. The molecular weight excluding hydrogens is 340 g/mol. The van der Waals surface area contributed by atoms with Crippen LogP contribution < -0.4 is 10.6 Å². The van der Waals surface area contributed by atoms with Gasteiger partial charge in [0.2, 0.25) is 11.8 Å². The van der Waals surface area contributed by atoms with Crippen LogP contribution in [0, 0.1) is 23.2 Å². The number of aromatic nitrogens is 1. The molecule has 6 nitrogen and oxygen atoms in total. The Bertz CT molecular complexity index is 677. The Morgan fingerprint density at radius 1 is 1.44 bits per heavy atom. The zero-order valence-corrected chi connectivity index (χ0v) is 14.8. The summed E-state index contributed by atoms with van der Waals surface area (Å²) in [6.45, 7) is 0.691. The molecule has 1 saturated heterocycles. The van der Waals surface area contributed by atoms with Crippen LogP contribution in [0.25, 0.3) is 0 Å². The van der Waals surface area contributed by atoms with Crippen LogP contribution in [0.15, 0.2) is 18.5 Å². The van der Waals surface area contributed by atoms with Crippen molar-refractivity contribution in [3.05, 3.63) is 23.5 Å². The van der Waals surface area contributed by atoms with Crippen molar-refractivity contribution in [3.63, 3.8) is 0 Å². The largest absolute Gasteiger partial charge is 0.356 e. The molecule has 2 unspecified atom stereocenters. The number of hydrogen-bond acceptors (Lipinski definition) is 3. The third-order valence-electron chi connectivity index (χ3n) is 4.99. The molecule has 1 saturated carbocycles. The van der Waals surface area contributed by atoms with Crippen LogP contribution in [0.4, 0.5) is 0 Å². The summed E-state index contributed by atoms with van der Waals surface area (Å²) in [7, 11) is 0. The highest BCUT2D eigenvalue weighted by molar-refractivity contribution is 6.30. The number of nitriles is 1. The lowest BCUT2D eigenvalue weighted by Crippen LogP contribution is -2.43. The summed E-state index contributed by atoms with van der Waals surface area (Å²) in [5, 5.41) is 15.7. The third kappa shape index (κ3) is 4.76. The van der Waals surface area contributed by atoms with Gasteiger partial charge in [-0.2, -0.15) is 5.26 Å². The number of nitrogens with zero attached hydrogens (tertiary/aromatic N) is 2. The summed E-state index contributed by atoms with van der Waals surface area (Å²) in [4.78, 5) is 24.7. The van der Waals surface area contributed by atoms with E-state index in [1.807, 2.05) is 4.57 Å². The molecular formula is C18H23ClN4O2. The standard InChI is InChI=1S/C18H23ClN4O2/c19-14-5-7-23(11-14)16(8-12-3-4-12)18(25)22-15(10-20)9-13-2-1-6-21-17(13)24/h5,7,11-13,15-16H,1-4,6,8-9H2,(H,21,24)(H,22,25)/t13-,15?,16?/m0/s1. The van der Waals surface area contributed by atoms with Crippen LogP contribution in [0.1, 0.15) is 44.6 Å². The zero-order valence-electron chi connectivity index (χ0n) is 14.1. The molecule has 1 aliphatic carbocycles. The Labute approximate surface area is 152 Å². The summed E-state index contributed by atoms with van der Waals surface area (Å²) in [6.07, 6.45) is 8.60. The lowest BCUT2D eigenvalue weighted by molar-refractivity contribution is -0.128. The Hall–Kier alpha value is -2.00. The number of nitrogens with one attached hydrogen (secondary N) is 2. The lowest BCUT2D eigenvalue weighted by atomic mass is 9.92. The summed E-state index contributed by atoms with van der Waals surface area (Å²) in [6, 6.07) is 2.86. The normalized spacial score (nSPS) is 22.6. The first-order chi connectivity index (χ1) is 12.1. The van der Waals surface area contributed by atoms with Gasteiger partial charge in [0.15, 0.2) is 0 Å². The molecule has 1 aromatic rings. The summed E-state index contributed by atoms with van der Waals surface area (Å²) < 4.78 is 1.82.